The first-order valence-corrected chi connectivity index (χ1v) is 16.3. The maximum absolute atomic E-state index is 13.3. The molecule has 0 aliphatic rings. The van der Waals surface area contributed by atoms with E-state index in [2.05, 4.69) is 22.9 Å². The van der Waals surface area contributed by atoms with Crippen LogP contribution in [0.25, 0.3) is 22.1 Å². The van der Waals surface area contributed by atoms with E-state index in [1.165, 1.54) is 0 Å². The summed E-state index contributed by atoms with van der Waals surface area (Å²) in [7, 11) is 0. The molecule has 45 heavy (non-hydrogen) atoms. The average Bonchev–Trinajstić information content (AvgIpc) is 3.46. The summed E-state index contributed by atoms with van der Waals surface area (Å²) in [5.41, 5.74) is 12.2. The Hall–Kier alpha value is -4.08. The summed E-state index contributed by atoms with van der Waals surface area (Å²) in [6.45, 7) is 8.63. The van der Waals surface area contributed by atoms with E-state index in [-0.39, 0.29) is 19.0 Å². The van der Waals surface area contributed by atoms with Crippen LogP contribution in [0.3, 0.4) is 0 Å². The minimum Gasteiger partial charge on any atom is -0.598 e. The quantitative estimate of drug-likeness (QED) is 0.110. The average molecular weight is 625 g/mol. The summed E-state index contributed by atoms with van der Waals surface area (Å²) < 4.78 is 34.2. The molecule has 234 valence electrons. The van der Waals surface area contributed by atoms with Crippen LogP contribution in [0.1, 0.15) is 61.8 Å². The number of furan rings is 1. The van der Waals surface area contributed by atoms with Crippen LogP contribution in [0, 0.1) is 0 Å². The number of hydrogen-bond donors (Lipinski definition) is 2. The molecular weight excluding hydrogens is 584 g/mol. The molecule has 0 radical (unpaired) electrons. The van der Waals surface area contributed by atoms with Crippen molar-refractivity contribution in [1.82, 2.24) is 4.72 Å². The summed E-state index contributed by atoms with van der Waals surface area (Å²) in [4.78, 5) is 12.2. The van der Waals surface area contributed by atoms with E-state index in [9.17, 15) is 9.35 Å². The normalized spacial score (nSPS) is 13.0. The van der Waals surface area contributed by atoms with E-state index < -0.39 is 22.2 Å². The van der Waals surface area contributed by atoms with Gasteiger partial charge in [-0.25, -0.2) is 0 Å². The van der Waals surface area contributed by atoms with Crippen LogP contribution in [0.4, 0.5) is 0 Å². The molecule has 0 aliphatic heterocycles. The first-order chi connectivity index (χ1) is 21.7. The fourth-order valence-electron chi connectivity index (χ4n) is 5.08. The topological polar surface area (TPSA) is 110 Å². The number of carbonyl (C=O) groups is 1. The second kappa shape index (κ2) is 14.3. The molecule has 4 aromatic carbocycles. The second-order valence-corrected chi connectivity index (χ2v) is 13.8. The number of fused-ring (bicyclic) bond motifs is 1. The lowest BCUT2D eigenvalue weighted by Gasteiger charge is -2.27. The fourth-order valence-corrected chi connectivity index (χ4v) is 5.90. The Labute approximate surface area is 268 Å². The molecule has 0 saturated carbocycles. The Bertz CT molecular complexity index is 1750. The Morgan fingerprint density at radius 1 is 0.956 bits per heavy atom. The van der Waals surface area contributed by atoms with Crippen LogP contribution < -0.4 is 15.2 Å². The molecule has 0 aliphatic carbocycles. The lowest BCUT2D eigenvalue weighted by molar-refractivity contribution is -0.142. The Balaban J connectivity index is 1.56. The highest BCUT2D eigenvalue weighted by Gasteiger charge is 2.32. The van der Waals surface area contributed by atoms with Crippen LogP contribution in [0.15, 0.2) is 101 Å². The van der Waals surface area contributed by atoms with Crippen molar-refractivity contribution in [3.63, 3.8) is 0 Å². The highest BCUT2D eigenvalue weighted by molar-refractivity contribution is 7.90. The van der Waals surface area contributed by atoms with Gasteiger partial charge in [-0.3, -0.25) is 4.79 Å². The van der Waals surface area contributed by atoms with Gasteiger partial charge in [-0.05, 0) is 80.3 Å². The summed E-state index contributed by atoms with van der Waals surface area (Å²) in [5, 5.41) is 0.892. The van der Waals surface area contributed by atoms with Crippen molar-refractivity contribution in [1.29, 1.82) is 0 Å². The van der Waals surface area contributed by atoms with Gasteiger partial charge in [0, 0.05) is 34.4 Å². The van der Waals surface area contributed by atoms with Gasteiger partial charge in [0.1, 0.15) is 34.5 Å². The lowest BCUT2D eigenvalue weighted by atomic mass is 9.98. The Morgan fingerprint density at radius 2 is 1.71 bits per heavy atom. The smallest absolute Gasteiger partial charge is 0.310 e. The number of benzene rings is 4. The molecular formula is C37H40N2O5S. The molecule has 2 atom stereocenters. The lowest BCUT2D eigenvalue weighted by Crippen LogP contribution is -2.41. The molecule has 0 bridgehead atoms. The van der Waals surface area contributed by atoms with Crippen molar-refractivity contribution in [2.75, 3.05) is 6.61 Å². The molecule has 7 nitrogen and oxygen atoms in total. The van der Waals surface area contributed by atoms with E-state index in [4.69, 9.17) is 19.6 Å². The van der Waals surface area contributed by atoms with Gasteiger partial charge in [0.15, 0.2) is 0 Å². The van der Waals surface area contributed by atoms with Crippen LogP contribution in [-0.2, 0) is 40.5 Å². The van der Waals surface area contributed by atoms with Crippen LogP contribution in [-0.4, -0.2) is 21.9 Å². The predicted molar refractivity (Wildman–Crippen MR) is 180 cm³/mol. The first kappa shape index (κ1) is 32.3. The minimum absolute atomic E-state index is 0.134. The molecule has 1 aromatic heterocycles. The highest BCUT2D eigenvalue weighted by Crippen LogP contribution is 2.37. The molecule has 0 unspecified atom stereocenters. The van der Waals surface area contributed by atoms with E-state index in [1.54, 1.807) is 6.92 Å². The minimum atomic E-state index is -1.35. The number of nitrogens with one attached hydrogen (secondary N) is 1. The number of nitrogens with two attached hydrogens (primary N) is 1. The van der Waals surface area contributed by atoms with Crippen molar-refractivity contribution < 1.29 is 23.2 Å². The number of esters is 1. The molecule has 5 rings (SSSR count). The molecule has 0 spiro atoms. The van der Waals surface area contributed by atoms with Crippen LogP contribution >= 0.6 is 0 Å². The van der Waals surface area contributed by atoms with Crippen molar-refractivity contribution in [2.24, 2.45) is 5.73 Å². The van der Waals surface area contributed by atoms with Gasteiger partial charge in [-0.1, -0.05) is 66.7 Å². The van der Waals surface area contributed by atoms with Gasteiger partial charge >= 0.3 is 5.97 Å². The van der Waals surface area contributed by atoms with Crippen LogP contribution in [0.2, 0.25) is 0 Å². The van der Waals surface area contributed by atoms with Crippen molar-refractivity contribution in [3.8, 4) is 16.9 Å². The zero-order valence-corrected chi connectivity index (χ0v) is 27.0. The van der Waals surface area contributed by atoms with E-state index in [0.717, 1.165) is 44.3 Å². The van der Waals surface area contributed by atoms with Gasteiger partial charge in [-0.15, -0.1) is 4.72 Å². The van der Waals surface area contributed by atoms with Crippen molar-refractivity contribution >= 4 is 28.3 Å². The zero-order valence-electron chi connectivity index (χ0n) is 26.2. The second-order valence-electron chi connectivity index (χ2n) is 11.8. The summed E-state index contributed by atoms with van der Waals surface area (Å²) in [6, 6.07) is 31.2. The van der Waals surface area contributed by atoms with Gasteiger partial charge in [-0.2, -0.15) is 0 Å². The zero-order chi connectivity index (χ0) is 32.0. The third-order valence-corrected chi connectivity index (χ3v) is 8.94. The third-order valence-electron chi connectivity index (χ3n) is 7.37. The highest BCUT2D eigenvalue weighted by atomic mass is 32.2. The molecule has 8 heteroatoms. The molecule has 3 N–H and O–H groups in total. The summed E-state index contributed by atoms with van der Waals surface area (Å²) in [6.07, 6.45) is 0.134. The maximum atomic E-state index is 13.3. The van der Waals surface area contributed by atoms with Crippen molar-refractivity contribution in [3.05, 3.63) is 125 Å². The van der Waals surface area contributed by atoms with Gasteiger partial charge in [0.05, 0.1) is 13.0 Å². The number of hydrogen-bond acceptors (Lipinski definition) is 7. The standard InChI is InChI=1S/C37H40N2O5S/c1-5-42-34(40)22-29-15-9-10-17-32(29)43-24-26-19-30-21-33(35(27-13-7-6-8-14-27)39-45(41)37(2,3)4)44-36(30)31(20-26)28-16-11-12-25(18-28)23-38/h6-21,35,39H,5,22-24,38H2,1-4H3/t35-,45-/m1/s1. The maximum Gasteiger partial charge on any atom is 0.310 e. The van der Waals surface area contributed by atoms with Crippen LogP contribution in [0.5, 0.6) is 5.75 Å². The van der Waals surface area contributed by atoms with E-state index in [0.29, 0.717) is 24.7 Å². The fraction of sp³-hybridized carbons (Fsp3) is 0.270. The molecule has 0 amide bonds. The predicted octanol–water partition coefficient (Wildman–Crippen LogP) is 7.38. The van der Waals surface area contributed by atoms with Gasteiger partial charge in [0.25, 0.3) is 0 Å². The van der Waals surface area contributed by atoms with E-state index in [1.807, 2.05) is 99.6 Å². The third kappa shape index (κ3) is 7.96. The molecule has 1 heterocycles. The number of carbonyl (C=O) groups excluding carboxylic acids is 1. The Kier molecular flexibility index (Phi) is 10.3. The van der Waals surface area contributed by atoms with E-state index >= 15 is 0 Å². The number of para-hydroxylation sites is 1. The number of rotatable bonds is 12. The SMILES string of the molecule is CCOC(=O)Cc1ccccc1OCc1cc(-c2cccc(CN)c2)c2oc([C@H](N[S@+]([O-])C(C)(C)C)c3ccccc3)cc2c1. The monoisotopic (exact) mass is 624 g/mol. The number of ether oxygens (including phenoxy) is 2. The first-order valence-electron chi connectivity index (χ1n) is 15.1. The van der Waals surface area contributed by atoms with Gasteiger partial charge in [0.2, 0.25) is 0 Å². The van der Waals surface area contributed by atoms with Crippen molar-refractivity contribution in [2.45, 2.75) is 58.1 Å². The summed E-state index contributed by atoms with van der Waals surface area (Å²) >= 11 is -1.35. The molecule has 5 aromatic rings. The Morgan fingerprint density at radius 3 is 2.44 bits per heavy atom. The summed E-state index contributed by atoms with van der Waals surface area (Å²) in [5.74, 6) is 0.989. The molecule has 0 fully saturated rings. The molecule has 0 saturated heterocycles. The largest absolute Gasteiger partial charge is 0.598 e. The van der Waals surface area contributed by atoms with Gasteiger partial charge < -0.3 is 24.2 Å².